The van der Waals surface area contributed by atoms with Crippen LogP contribution in [-0.4, -0.2) is 17.9 Å². The van der Waals surface area contributed by atoms with Gasteiger partial charge in [-0.15, -0.1) is 0 Å². The molecular weight excluding hydrogens is 394 g/mol. The Bertz CT molecular complexity index is 1090. The van der Waals surface area contributed by atoms with Crippen LogP contribution in [0.15, 0.2) is 66.7 Å². The summed E-state index contributed by atoms with van der Waals surface area (Å²) >= 11 is 0. The van der Waals surface area contributed by atoms with Crippen LogP contribution in [0.4, 0.5) is 25.8 Å². The van der Waals surface area contributed by atoms with Crippen LogP contribution in [-0.2, 0) is 4.79 Å². The number of nitro groups is 1. The van der Waals surface area contributed by atoms with Gasteiger partial charge in [-0.25, -0.2) is 8.78 Å². The van der Waals surface area contributed by atoms with Crippen molar-refractivity contribution >= 4 is 23.0 Å². The zero-order chi connectivity index (χ0) is 21.8. The van der Waals surface area contributed by atoms with Crippen molar-refractivity contribution in [2.45, 2.75) is 12.8 Å². The summed E-state index contributed by atoms with van der Waals surface area (Å²) in [7, 11) is 1.50. The van der Waals surface area contributed by atoms with Crippen LogP contribution < -0.4 is 9.64 Å². The number of hydrogen-bond donors (Lipinski definition) is 0. The molecule has 0 bridgehead atoms. The van der Waals surface area contributed by atoms with E-state index in [2.05, 4.69) is 0 Å². The molecule has 154 valence electrons. The Balaban J connectivity index is 2.07. The van der Waals surface area contributed by atoms with Crippen LogP contribution in [0, 0.1) is 21.7 Å². The van der Waals surface area contributed by atoms with Gasteiger partial charge in [0.25, 0.3) is 5.69 Å². The SMILES string of the molecule is COc1ccc(N(C(=O)C(C)c2ccc(F)c(F)c2)c2cccc([N+](=O)[O-])c2)cc1. The highest BCUT2D eigenvalue weighted by molar-refractivity contribution is 6.04. The van der Waals surface area contributed by atoms with Crippen molar-refractivity contribution in [1.29, 1.82) is 0 Å². The van der Waals surface area contributed by atoms with Crippen LogP contribution in [0.2, 0.25) is 0 Å². The van der Waals surface area contributed by atoms with Gasteiger partial charge in [0.05, 0.1) is 23.6 Å². The summed E-state index contributed by atoms with van der Waals surface area (Å²) in [6.07, 6.45) is 0. The van der Waals surface area contributed by atoms with Gasteiger partial charge in [0.15, 0.2) is 11.6 Å². The van der Waals surface area contributed by atoms with Crippen LogP contribution >= 0.6 is 0 Å². The largest absolute Gasteiger partial charge is 0.497 e. The van der Waals surface area contributed by atoms with Crippen molar-refractivity contribution in [3.63, 3.8) is 0 Å². The number of non-ortho nitro benzene ring substituents is 1. The average molecular weight is 412 g/mol. The monoisotopic (exact) mass is 412 g/mol. The second kappa shape index (κ2) is 8.69. The molecule has 3 aromatic rings. The van der Waals surface area contributed by atoms with Crippen molar-refractivity contribution in [3.05, 3.63) is 94.0 Å². The molecule has 0 aliphatic carbocycles. The molecule has 0 spiro atoms. The summed E-state index contributed by atoms with van der Waals surface area (Å²) in [5.41, 5.74) is 0.812. The summed E-state index contributed by atoms with van der Waals surface area (Å²) < 4.78 is 32.1. The first-order valence-corrected chi connectivity index (χ1v) is 8.99. The maximum absolute atomic E-state index is 13.7. The summed E-state index contributed by atoms with van der Waals surface area (Å²) in [6, 6.07) is 15.5. The third-order valence-electron chi connectivity index (χ3n) is 4.66. The number of nitrogens with zero attached hydrogens (tertiary/aromatic N) is 2. The van der Waals surface area contributed by atoms with Crippen molar-refractivity contribution in [1.82, 2.24) is 0 Å². The second-order valence-corrected chi connectivity index (χ2v) is 6.54. The van der Waals surface area contributed by atoms with Crippen molar-refractivity contribution in [3.8, 4) is 5.75 Å². The third kappa shape index (κ3) is 4.27. The quantitative estimate of drug-likeness (QED) is 0.404. The number of benzene rings is 3. The van der Waals surface area contributed by atoms with E-state index in [1.807, 2.05) is 0 Å². The van der Waals surface area contributed by atoms with Crippen molar-refractivity contribution in [2.75, 3.05) is 12.0 Å². The van der Waals surface area contributed by atoms with Gasteiger partial charge in [0.2, 0.25) is 5.91 Å². The maximum atomic E-state index is 13.7. The number of nitro benzene ring substituents is 1. The highest BCUT2D eigenvalue weighted by atomic mass is 19.2. The van der Waals surface area contributed by atoms with Gasteiger partial charge in [-0.1, -0.05) is 12.1 Å². The molecular formula is C22H18F2N2O4. The molecule has 0 fully saturated rings. The summed E-state index contributed by atoms with van der Waals surface area (Å²) in [6.45, 7) is 1.56. The minimum atomic E-state index is -1.06. The molecule has 0 aliphatic heterocycles. The van der Waals surface area contributed by atoms with Crippen LogP contribution in [0.5, 0.6) is 5.75 Å². The molecule has 8 heteroatoms. The molecule has 1 unspecified atom stereocenters. The Morgan fingerprint density at radius 2 is 1.70 bits per heavy atom. The molecule has 3 aromatic carbocycles. The number of anilines is 2. The van der Waals surface area contributed by atoms with Gasteiger partial charge in [0.1, 0.15) is 5.75 Å². The van der Waals surface area contributed by atoms with Gasteiger partial charge in [-0.2, -0.15) is 0 Å². The number of halogens is 2. The number of hydrogen-bond acceptors (Lipinski definition) is 4. The number of amides is 1. The van der Waals surface area contributed by atoms with Crippen LogP contribution in [0.1, 0.15) is 18.4 Å². The van der Waals surface area contributed by atoms with Crippen LogP contribution in [0.3, 0.4) is 0 Å². The molecule has 6 nitrogen and oxygen atoms in total. The molecule has 30 heavy (non-hydrogen) atoms. The zero-order valence-electron chi connectivity index (χ0n) is 16.2. The lowest BCUT2D eigenvalue weighted by atomic mass is 9.98. The van der Waals surface area contributed by atoms with E-state index in [1.165, 1.54) is 36.3 Å². The Labute approximate surface area is 171 Å². The first kappa shape index (κ1) is 20.9. The highest BCUT2D eigenvalue weighted by Gasteiger charge is 2.26. The molecule has 0 radical (unpaired) electrons. The lowest BCUT2D eigenvalue weighted by molar-refractivity contribution is -0.384. The summed E-state index contributed by atoms with van der Waals surface area (Å²) in [4.78, 5) is 25.3. The molecule has 0 aliphatic rings. The van der Waals surface area contributed by atoms with Crippen molar-refractivity contribution < 1.29 is 23.2 Å². The van der Waals surface area contributed by atoms with E-state index in [-0.39, 0.29) is 16.9 Å². The predicted molar refractivity (Wildman–Crippen MR) is 108 cm³/mol. The highest BCUT2D eigenvalue weighted by Crippen LogP contribution is 2.33. The van der Waals surface area contributed by atoms with Gasteiger partial charge in [-0.05, 0) is 55.0 Å². The topological polar surface area (TPSA) is 72.7 Å². The molecule has 1 amide bonds. The van der Waals surface area contributed by atoms with E-state index >= 15 is 0 Å². The molecule has 0 heterocycles. The van der Waals surface area contributed by atoms with Gasteiger partial charge < -0.3 is 4.74 Å². The summed E-state index contributed by atoms with van der Waals surface area (Å²) in [5.74, 6) is -2.81. The number of rotatable bonds is 6. The summed E-state index contributed by atoms with van der Waals surface area (Å²) in [5, 5.41) is 11.2. The average Bonchev–Trinajstić information content (AvgIpc) is 2.76. The normalized spacial score (nSPS) is 11.6. The number of ether oxygens (including phenoxy) is 1. The molecule has 0 saturated heterocycles. The fourth-order valence-electron chi connectivity index (χ4n) is 3.00. The first-order valence-electron chi connectivity index (χ1n) is 8.99. The van der Waals surface area contributed by atoms with E-state index in [0.29, 0.717) is 11.4 Å². The molecule has 0 N–H and O–H groups in total. The Morgan fingerprint density at radius 3 is 2.30 bits per heavy atom. The third-order valence-corrected chi connectivity index (χ3v) is 4.66. The predicted octanol–water partition coefficient (Wildman–Crippen LogP) is 5.35. The number of carbonyl (C=O) groups excluding carboxylic acids is 1. The fourth-order valence-corrected chi connectivity index (χ4v) is 3.00. The molecule has 0 saturated carbocycles. The lowest BCUT2D eigenvalue weighted by Crippen LogP contribution is -2.30. The lowest BCUT2D eigenvalue weighted by Gasteiger charge is -2.26. The standard InChI is InChI=1S/C22H18F2N2O4/c1-14(15-6-11-20(23)21(24)12-15)22(27)25(16-7-9-19(30-2)10-8-16)17-4-3-5-18(13-17)26(28)29/h3-14H,1-2H3. The Morgan fingerprint density at radius 1 is 1.00 bits per heavy atom. The first-order chi connectivity index (χ1) is 14.3. The maximum Gasteiger partial charge on any atom is 0.271 e. The van der Waals surface area contributed by atoms with E-state index in [1.54, 1.807) is 37.3 Å². The molecule has 0 aromatic heterocycles. The van der Waals surface area contributed by atoms with E-state index in [9.17, 15) is 23.7 Å². The molecule has 3 rings (SSSR count). The zero-order valence-corrected chi connectivity index (χ0v) is 16.2. The number of methoxy groups -OCH3 is 1. The number of carbonyl (C=O) groups is 1. The Kier molecular flexibility index (Phi) is 6.06. The van der Waals surface area contributed by atoms with Crippen LogP contribution in [0.25, 0.3) is 0 Å². The van der Waals surface area contributed by atoms with E-state index < -0.39 is 28.4 Å². The van der Waals surface area contributed by atoms with E-state index in [4.69, 9.17) is 4.74 Å². The van der Waals surface area contributed by atoms with Gasteiger partial charge >= 0.3 is 0 Å². The fraction of sp³-hybridized carbons (Fsp3) is 0.136. The smallest absolute Gasteiger partial charge is 0.271 e. The minimum absolute atomic E-state index is 0.181. The van der Waals surface area contributed by atoms with Gasteiger partial charge in [-0.3, -0.25) is 19.8 Å². The Hall–Kier alpha value is -3.81. The second-order valence-electron chi connectivity index (χ2n) is 6.54. The van der Waals surface area contributed by atoms with Crippen molar-refractivity contribution in [2.24, 2.45) is 0 Å². The van der Waals surface area contributed by atoms with E-state index in [0.717, 1.165) is 12.1 Å². The minimum Gasteiger partial charge on any atom is -0.497 e. The molecule has 1 atom stereocenters. The van der Waals surface area contributed by atoms with Gasteiger partial charge in [0, 0.05) is 17.8 Å².